The third-order valence-corrected chi connectivity index (χ3v) is 3.81. The molecule has 19 heavy (non-hydrogen) atoms. The van der Waals surface area contributed by atoms with Gasteiger partial charge < -0.3 is 5.32 Å². The van der Waals surface area contributed by atoms with E-state index in [1.165, 1.54) is 11.8 Å². The van der Waals surface area contributed by atoms with E-state index in [1.807, 2.05) is 42.8 Å². The summed E-state index contributed by atoms with van der Waals surface area (Å²) in [7, 11) is 1.84. The maximum absolute atomic E-state index is 4.30. The Balaban J connectivity index is 2.02. The van der Waals surface area contributed by atoms with Crippen LogP contribution in [0.3, 0.4) is 0 Å². The highest BCUT2D eigenvalue weighted by molar-refractivity contribution is 7.99. The molecule has 0 unspecified atom stereocenters. The van der Waals surface area contributed by atoms with Crippen LogP contribution in [0.5, 0.6) is 0 Å². The number of fused-ring (bicyclic) bond motifs is 1. The predicted octanol–water partition coefficient (Wildman–Crippen LogP) is 2.02. The molecule has 3 aromatic rings. The Bertz CT molecular complexity index is 723. The highest BCUT2D eigenvalue weighted by Gasteiger charge is 2.11. The zero-order valence-electron chi connectivity index (χ0n) is 10.5. The fourth-order valence-electron chi connectivity index (χ4n) is 1.76. The highest BCUT2D eigenvalue weighted by Crippen LogP contribution is 2.29. The first kappa shape index (κ1) is 11.9. The van der Waals surface area contributed by atoms with Crippen molar-refractivity contribution in [2.24, 2.45) is 0 Å². The lowest BCUT2D eigenvalue weighted by Gasteiger charge is -2.07. The zero-order valence-corrected chi connectivity index (χ0v) is 11.3. The normalized spacial score (nSPS) is 10.8. The lowest BCUT2D eigenvalue weighted by Crippen LogP contribution is -1.99. The van der Waals surface area contributed by atoms with Crippen molar-refractivity contribution in [3.8, 4) is 0 Å². The van der Waals surface area contributed by atoms with Gasteiger partial charge in [-0.2, -0.15) is 0 Å². The second-order valence-electron chi connectivity index (χ2n) is 3.92. The Hall–Kier alpha value is -2.15. The third-order valence-electron chi connectivity index (χ3n) is 2.75. The Morgan fingerprint density at radius 2 is 2.11 bits per heavy atom. The zero-order chi connectivity index (χ0) is 13.2. The SMILES string of the molecule is CNc1ncnc(Sc2nnc3ccccn23)c1C. The lowest BCUT2D eigenvalue weighted by atomic mass is 10.3. The van der Waals surface area contributed by atoms with Crippen molar-refractivity contribution in [1.29, 1.82) is 0 Å². The summed E-state index contributed by atoms with van der Waals surface area (Å²) in [5.41, 5.74) is 1.83. The molecule has 0 saturated heterocycles. The average molecular weight is 272 g/mol. The van der Waals surface area contributed by atoms with Crippen LogP contribution in [0.4, 0.5) is 5.82 Å². The van der Waals surface area contributed by atoms with Gasteiger partial charge in [0.2, 0.25) is 5.16 Å². The number of nitrogens with one attached hydrogen (secondary N) is 1. The molecule has 0 aromatic carbocycles. The van der Waals surface area contributed by atoms with Gasteiger partial charge in [0, 0.05) is 18.8 Å². The predicted molar refractivity (Wildman–Crippen MR) is 73.4 cm³/mol. The Labute approximate surface area is 114 Å². The van der Waals surface area contributed by atoms with E-state index in [9.17, 15) is 0 Å². The minimum atomic E-state index is 0.791. The van der Waals surface area contributed by atoms with Crippen LogP contribution >= 0.6 is 11.8 Å². The standard InChI is InChI=1S/C12H12N6S/c1-8-10(13-2)14-7-15-11(8)19-12-17-16-9-5-3-4-6-18(9)12/h3-7H,1-2H3,(H,13,14,15). The van der Waals surface area contributed by atoms with E-state index in [4.69, 9.17) is 0 Å². The molecule has 96 valence electrons. The average Bonchev–Trinajstić information content (AvgIpc) is 2.85. The van der Waals surface area contributed by atoms with Crippen LogP contribution in [0.25, 0.3) is 5.65 Å². The number of anilines is 1. The van der Waals surface area contributed by atoms with Crippen molar-refractivity contribution in [3.63, 3.8) is 0 Å². The molecule has 3 aromatic heterocycles. The van der Waals surface area contributed by atoms with Gasteiger partial charge in [-0.15, -0.1) is 10.2 Å². The smallest absolute Gasteiger partial charge is 0.201 e. The molecule has 1 N–H and O–H groups in total. The molecule has 0 radical (unpaired) electrons. The van der Waals surface area contributed by atoms with E-state index >= 15 is 0 Å². The summed E-state index contributed by atoms with van der Waals surface area (Å²) < 4.78 is 1.94. The molecule has 0 bridgehead atoms. The molecular weight excluding hydrogens is 260 g/mol. The first-order valence-electron chi connectivity index (χ1n) is 5.76. The number of nitrogens with zero attached hydrogens (tertiary/aromatic N) is 5. The van der Waals surface area contributed by atoms with Gasteiger partial charge in [-0.3, -0.25) is 4.40 Å². The first-order valence-corrected chi connectivity index (χ1v) is 6.58. The summed E-state index contributed by atoms with van der Waals surface area (Å²) in [6.07, 6.45) is 3.48. The fraction of sp³-hybridized carbons (Fsp3) is 0.167. The second kappa shape index (κ2) is 4.85. The maximum atomic E-state index is 4.30. The van der Waals surface area contributed by atoms with E-state index in [0.717, 1.165) is 27.2 Å². The second-order valence-corrected chi connectivity index (χ2v) is 4.87. The van der Waals surface area contributed by atoms with E-state index < -0.39 is 0 Å². The van der Waals surface area contributed by atoms with Gasteiger partial charge in [-0.05, 0) is 30.8 Å². The molecule has 0 aliphatic carbocycles. The summed E-state index contributed by atoms with van der Waals surface area (Å²) in [4.78, 5) is 8.47. The van der Waals surface area contributed by atoms with Crippen LogP contribution in [-0.4, -0.2) is 31.6 Å². The number of aromatic nitrogens is 5. The summed E-state index contributed by atoms with van der Waals surface area (Å²) in [6.45, 7) is 1.98. The van der Waals surface area contributed by atoms with E-state index in [-0.39, 0.29) is 0 Å². The van der Waals surface area contributed by atoms with Gasteiger partial charge in [-0.25, -0.2) is 9.97 Å². The van der Waals surface area contributed by atoms with Crippen LogP contribution in [0.1, 0.15) is 5.56 Å². The largest absolute Gasteiger partial charge is 0.373 e. The lowest BCUT2D eigenvalue weighted by molar-refractivity contribution is 0.911. The van der Waals surface area contributed by atoms with Gasteiger partial charge in [0.15, 0.2) is 5.65 Å². The van der Waals surface area contributed by atoms with Gasteiger partial charge in [0.25, 0.3) is 0 Å². The number of hydrogen-bond acceptors (Lipinski definition) is 6. The maximum Gasteiger partial charge on any atom is 0.201 e. The van der Waals surface area contributed by atoms with Crippen molar-refractivity contribution in [1.82, 2.24) is 24.6 Å². The Morgan fingerprint density at radius 1 is 1.21 bits per heavy atom. The summed E-state index contributed by atoms with van der Waals surface area (Å²) in [6, 6.07) is 5.81. The van der Waals surface area contributed by atoms with Gasteiger partial charge >= 0.3 is 0 Å². The molecule has 0 atom stereocenters. The highest BCUT2D eigenvalue weighted by atomic mass is 32.2. The minimum absolute atomic E-state index is 0.791. The Morgan fingerprint density at radius 3 is 2.95 bits per heavy atom. The van der Waals surface area contributed by atoms with E-state index in [0.29, 0.717) is 0 Å². The molecule has 0 fully saturated rings. The van der Waals surface area contributed by atoms with Gasteiger partial charge in [0.05, 0.1) is 0 Å². The topological polar surface area (TPSA) is 68.0 Å². The van der Waals surface area contributed by atoms with Crippen molar-refractivity contribution in [2.45, 2.75) is 17.1 Å². The van der Waals surface area contributed by atoms with Crippen LogP contribution < -0.4 is 5.32 Å². The van der Waals surface area contributed by atoms with Crippen molar-refractivity contribution in [3.05, 3.63) is 36.3 Å². The third kappa shape index (κ3) is 2.12. The molecule has 3 rings (SSSR count). The Kier molecular flexibility index (Phi) is 3.04. The van der Waals surface area contributed by atoms with E-state index in [1.54, 1.807) is 6.33 Å². The van der Waals surface area contributed by atoms with Crippen LogP contribution in [0.2, 0.25) is 0 Å². The van der Waals surface area contributed by atoms with Crippen molar-refractivity contribution in [2.75, 3.05) is 12.4 Å². The molecule has 0 aliphatic heterocycles. The molecule has 0 aliphatic rings. The molecule has 0 saturated carbocycles. The summed E-state index contributed by atoms with van der Waals surface area (Å²) in [5.74, 6) is 0.825. The van der Waals surface area contributed by atoms with Gasteiger partial charge in [-0.1, -0.05) is 6.07 Å². The summed E-state index contributed by atoms with van der Waals surface area (Å²) >= 11 is 1.48. The van der Waals surface area contributed by atoms with Crippen LogP contribution in [0, 0.1) is 6.92 Å². The van der Waals surface area contributed by atoms with E-state index in [2.05, 4.69) is 25.5 Å². The van der Waals surface area contributed by atoms with Crippen molar-refractivity contribution >= 4 is 23.2 Å². The fourth-order valence-corrected chi connectivity index (χ4v) is 2.62. The van der Waals surface area contributed by atoms with Crippen LogP contribution in [-0.2, 0) is 0 Å². The monoisotopic (exact) mass is 272 g/mol. The number of rotatable bonds is 3. The molecule has 3 heterocycles. The summed E-state index contributed by atoms with van der Waals surface area (Å²) in [5, 5.41) is 13.0. The molecule has 0 amide bonds. The number of hydrogen-bond donors (Lipinski definition) is 1. The molecule has 7 heteroatoms. The molecule has 0 spiro atoms. The number of pyridine rings is 1. The minimum Gasteiger partial charge on any atom is -0.373 e. The first-order chi connectivity index (χ1) is 9.29. The van der Waals surface area contributed by atoms with Gasteiger partial charge in [0.1, 0.15) is 17.2 Å². The quantitative estimate of drug-likeness (QED) is 0.736. The van der Waals surface area contributed by atoms with Crippen molar-refractivity contribution < 1.29 is 0 Å². The van der Waals surface area contributed by atoms with Crippen LogP contribution in [0.15, 0.2) is 40.9 Å². The molecule has 6 nitrogen and oxygen atoms in total. The molecular formula is C12H12N6S.